The molecule has 1 fully saturated rings. The van der Waals surface area contributed by atoms with Crippen molar-refractivity contribution in [1.82, 2.24) is 24.3 Å². The minimum atomic E-state index is -0.0330. The molecule has 5 rings (SSSR count). The van der Waals surface area contributed by atoms with Gasteiger partial charge < -0.3 is 14.3 Å². The van der Waals surface area contributed by atoms with Crippen molar-refractivity contribution in [1.29, 1.82) is 0 Å². The van der Waals surface area contributed by atoms with Gasteiger partial charge in [-0.3, -0.25) is 4.79 Å². The van der Waals surface area contributed by atoms with E-state index in [0.717, 1.165) is 47.5 Å². The van der Waals surface area contributed by atoms with E-state index in [1.807, 2.05) is 65.0 Å². The molecule has 0 spiro atoms. The predicted molar refractivity (Wildman–Crippen MR) is 99.0 cm³/mol. The first-order valence-electron chi connectivity index (χ1n) is 8.90. The molecule has 1 N–H and O–H groups in total. The molecular formula is C20H19N5O. The monoisotopic (exact) mass is 345 g/mol. The van der Waals surface area contributed by atoms with Gasteiger partial charge in [0.15, 0.2) is 0 Å². The lowest BCUT2D eigenvalue weighted by Gasteiger charge is -2.22. The number of para-hydroxylation sites is 2. The van der Waals surface area contributed by atoms with E-state index in [9.17, 15) is 4.79 Å². The third-order valence-corrected chi connectivity index (χ3v) is 5.07. The van der Waals surface area contributed by atoms with Gasteiger partial charge in [0, 0.05) is 18.9 Å². The number of aromatic amines is 1. The average Bonchev–Trinajstić information content (AvgIpc) is 3.36. The number of aromatic nitrogens is 4. The van der Waals surface area contributed by atoms with Crippen LogP contribution in [0.25, 0.3) is 16.7 Å². The summed E-state index contributed by atoms with van der Waals surface area (Å²) in [6, 6.07) is 11.9. The number of likely N-dealkylation sites (tertiary alicyclic amines) is 1. The second-order valence-electron chi connectivity index (χ2n) is 6.89. The Morgan fingerprint density at radius 1 is 1.23 bits per heavy atom. The van der Waals surface area contributed by atoms with E-state index in [1.54, 1.807) is 0 Å². The molecule has 6 nitrogen and oxygen atoms in total. The van der Waals surface area contributed by atoms with Crippen LogP contribution in [0, 0.1) is 6.92 Å². The van der Waals surface area contributed by atoms with Gasteiger partial charge in [0.1, 0.15) is 17.2 Å². The standard InChI is InChI=1S/C20H19N5O/c1-13-8-10-24-12-16(21-18(24)11-13)20(26)25-9-4-7-17(25)19-22-14-5-2-3-6-15(14)23-19/h2-3,5-6,8,10-12,17H,4,7,9H2,1H3,(H,22,23)/t17-/m0/s1. The zero-order chi connectivity index (χ0) is 17.7. The maximum absolute atomic E-state index is 13.1. The number of aryl methyl sites for hydroxylation is 1. The molecule has 130 valence electrons. The molecule has 0 saturated carbocycles. The second-order valence-corrected chi connectivity index (χ2v) is 6.89. The number of benzene rings is 1. The van der Waals surface area contributed by atoms with Gasteiger partial charge >= 0.3 is 0 Å². The highest BCUT2D eigenvalue weighted by molar-refractivity contribution is 5.93. The van der Waals surface area contributed by atoms with Gasteiger partial charge in [-0.05, 0) is 49.6 Å². The Morgan fingerprint density at radius 3 is 3.00 bits per heavy atom. The van der Waals surface area contributed by atoms with Crippen LogP contribution >= 0.6 is 0 Å². The Bertz CT molecular complexity index is 1090. The fraction of sp³-hybridized carbons (Fsp3) is 0.250. The van der Waals surface area contributed by atoms with Gasteiger partial charge in [-0.2, -0.15) is 0 Å². The van der Waals surface area contributed by atoms with E-state index in [2.05, 4.69) is 9.97 Å². The molecule has 1 aliphatic heterocycles. The van der Waals surface area contributed by atoms with Gasteiger partial charge in [0.25, 0.3) is 5.91 Å². The molecule has 4 aromatic rings. The van der Waals surface area contributed by atoms with Crippen LogP contribution in [0.15, 0.2) is 48.8 Å². The number of fused-ring (bicyclic) bond motifs is 2. The van der Waals surface area contributed by atoms with Crippen molar-refractivity contribution in [3.8, 4) is 0 Å². The van der Waals surface area contributed by atoms with Crippen molar-refractivity contribution < 1.29 is 4.79 Å². The average molecular weight is 345 g/mol. The Balaban J connectivity index is 1.49. The molecule has 0 bridgehead atoms. The molecule has 26 heavy (non-hydrogen) atoms. The summed E-state index contributed by atoms with van der Waals surface area (Å²) < 4.78 is 1.90. The van der Waals surface area contributed by atoms with Crippen LogP contribution < -0.4 is 0 Å². The summed E-state index contributed by atoms with van der Waals surface area (Å²) >= 11 is 0. The van der Waals surface area contributed by atoms with Crippen LogP contribution in [0.4, 0.5) is 0 Å². The fourth-order valence-electron chi connectivity index (χ4n) is 3.76. The Hall–Kier alpha value is -3.15. The van der Waals surface area contributed by atoms with Crippen LogP contribution in [0.1, 0.15) is 40.8 Å². The quantitative estimate of drug-likeness (QED) is 0.605. The molecule has 6 heteroatoms. The molecule has 0 radical (unpaired) electrons. The Labute approximate surface area is 150 Å². The number of H-pyrrole nitrogens is 1. The molecule has 1 amide bonds. The molecule has 1 saturated heterocycles. The molecule has 1 atom stereocenters. The smallest absolute Gasteiger partial charge is 0.274 e. The minimum Gasteiger partial charge on any atom is -0.340 e. The molecule has 1 aromatic carbocycles. The molecule has 4 heterocycles. The number of carbonyl (C=O) groups excluding carboxylic acids is 1. The van der Waals surface area contributed by atoms with Crippen LogP contribution in [-0.4, -0.2) is 36.7 Å². The highest BCUT2D eigenvalue weighted by Crippen LogP contribution is 2.32. The van der Waals surface area contributed by atoms with E-state index >= 15 is 0 Å². The highest BCUT2D eigenvalue weighted by atomic mass is 16.2. The number of nitrogens with zero attached hydrogens (tertiary/aromatic N) is 4. The van der Waals surface area contributed by atoms with Gasteiger partial charge in [-0.1, -0.05) is 12.1 Å². The fourth-order valence-corrected chi connectivity index (χ4v) is 3.76. The van der Waals surface area contributed by atoms with Gasteiger partial charge in [0.2, 0.25) is 0 Å². The molecule has 0 aliphatic carbocycles. The third-order valence-electron chi connectivity index (χ3n) is 5.07. The van der Waals surface area contributed by atoms with Crippen molar-refractivity contribution in [3.05, 3.63) is 65.9 Å². The number of carbonyl (C=O) groups is 1. The third kappa shape index (κ3) is 2.37. The molecule has 1 aliphatic rings. The van der Waals surface area contributed by atoms with Crippen molar-refractivity contribution in [2.75, 3.05) is 6.54 Å². The molecule has 0 unspecified atom stereocenters. The lowest BCUT2D eigenvalue weighted by molar-refractivity contribution is 0.0725. The Morgan fingerprint density at radius 2 is 2.12 bits per heavy atom. The second kappa shape index (κ2) is 5.69. The van der Waals surface area contributed by atoms with E-state index in [-0.39, 0.29) is 11.9 Å². The topological polar surface area (TPSA) is 66.3 Å². The van der Waals surface area contributed by atoms with Gasteiger partial charge in [-0.15, -0.1) is 0 Å². The van der Waals surface area contributed by atoms with E-state index in [0.29, 0.717) is 5.69 Å². The SMILES string of the molecule is Cc1ccn2cc(C(=O)N3CCC[C@H]3c3nc4ccccc4[nH]3)nc2c1. The van der Waals surface area contributed by atoms with E-state index in [4.69, 9.17) is 4.98 Å². The number of pyridine rings is 1. The van der Waals surface area contributed by atoms with Crippen LogP contribution in [0.3, 0.4) is 0 Å². The summed E-state index contributed by atoms with van der Waals surface area (Å²) in [5.41, 5.74) is 4.35. The first kappa shape index (κ1) is 15.1. The number of nitrogens with one attached hydrogen (secondary N) is 1. The minimum absolute atomic E-state index is 0.0264. The Kier molecular flexibility index (Phi) is 3.31. The van der Waals surface area contributed by atoms with Crippen LogP contribution in [0.2, 0.25) is 0 Å². The predicted octanol–water partition coefficient (Wildman–Crippen LogP) is 3.50. The molecule has 3 aromatic heterocycles. The summed E-state index contributed by atoms with van der Waals surface area (Å²) in [6.07, 6.45) is 5.64. The van der Waals surface area contributed by atoms with Crippen molar-refractivity contribution in [2.45, 2.75) is 25.8 Å². The van der Waals surface area contributed by atoms with E-state index in [1.165, 1.54) is 0 Å². The summed E-state index contributed by atoms with van der Waals surface area (Å²) in [7, 11) is 0. The summed E-state index contributed by atoms with van der Waals surface area (Å²) in [5, 5.41) is 0. The number of hydrogen-bond donors (Lipinski definition) is 1. The molecular weight excluding hydrogens is 326 g/mol. The first-order valence-corrected chi connectivity index (χ1v) is 8.90. The zero-order valence-electron chi connectivity index (χ0n) is 14.5. The summed E-state index contributed by atoms with van der Waals surface area (Å²) in [4.78, 5) is 27.6. The van der Waals surface area contributed by atoms with Crippen LogP contribution in [-0.2, 0) is 0 Å². The van der Waals surface area contributed by atoms with E-state index < -0.39 is 0 Å². The largest absolute Gasteiger partial charge is 0.340 e. The van der Waals surface area contributed by atoms with Gasteiger partial charge in [0.05, 0.1) is 17.1 Å². The van der Waals surface area contributed by atoms with Crippen molar-refractivity contribution in [3.63, 3.8) is 0 Å². The zero-order valence-corrected chi connectivity index (χ0v) is 14.5. The lowest BCUT2D eigenvalue weighted by Crippen LogP contribution is -2.31. The lowest BCUT2D eigenvalue weighted by atomic mass is 10.2. The van der Waals surface area contributed by atoms with Crippen molar-refractivity contribution >= 4 is 22.6 Å². The summed E-state index contributed by atoms with van der Waals surface area (Å²) in [6.45, 7) is 2.75. The normalized spacial score (nSPS) is 17.4. The summed E-state index contributed by atoms with van der Waals surface area (Å²) in [5.74, 6) is 0.825. The maximum Gasteiger partial charge on any atom is 0.274 e. The maximum atomic E-state index is 13.1. The number of rotatable bonds is 2. The van der Waals surface area contributed by atoms with Crippen molar-refractivity contribution in [2.24, 2.45) is 0 Å². The number of amides is 1. The first-order chi connectivity index (χ1) is 12.7. The number of imidazole rings is 2. The van der Waals surface area contributed by atoms with Crippen LogP contribution in [0.5, 0.6) is 0 Å². The number of hydrogen-bond acceptors (Lipinski definition) is 3. The van der Waals surface area contributed by atoms with Gasteiger partial charge in [-0.25, -0.2) is 9.97 Å². The highest BCUT2D eigenvalue weighted by Gasteiger charge is 2.33.